The summed E-state index contributed by atoms with van der Waals surface area (Å²) >= 11 is 5.58. The molecule has 0 aromatic heterocycles. The van der Waals surface area contributed by atoms with Gasteiger partial charge in [0, 0.05) is 4.58 Å². The molecule has 0 aliphatic rings. The van der Waals surface area contributed by atoms with Crippen LogP contribution in [0.5, 0.6) is 0 Å². The molecular weight excluding hydrogens is 100 g/mol. The summed E-state index contributed by atoms with van der Waals surface area (Å²) in [5.74, 6) is 0. The van der Waals surface area contributed by atoms with Crippen molar-refractivity contribution in [2.24, 2.45) is 0 Å². The molecule has 0 aliphatic carbocycles. The molecule has 0 fully saturated rings. The van der Waals surface area contributed by atoms with Crippen LogP contribution in [0.1, 0.15) is 0 Å². The topological polar surface area (TPSA) is 0 Å². The smallest absolute Gasteiger partial charge is 0.0470 e. The van der Waals surface area contributed by atoms with Gasteiger partial charge in [-0.2, -0.15) is 24.4 Å². The van der Waals surface area contributed by atoms with Crippen molar-refractivity contribution in [2.45, 2.75) is 4.58 Å². The molecule has 0 saturated carbocycles. The summed E-state index contributed by atoms with van der Waals surface area (Å²) in [4.78, 5) is 0. The highest BCUT2D eigenvalue weighted by Gasteiger charge is 1.81. The first-order valence-electron chi connectivity index (χ1n) is 1.31. The van der Waals surface area contributed by atoms with Gasteiger partial charge in [-0.25, -0.2) is 0 Å². The van der Waals surface area contributed by atoms with E-state index in [2.05, 4.69) is 19.6 Å². The number of hydrogen-bond acceptors (Lipinski definition) is 2. The summed E-state index contributed by atoms with van der Waals surface area (Å²) < 4.78 is 0.245. The molecule has 0 aromatic carbocycles. The third kappa shape index (κ3) is 4.70. The van der Waals surface area contributed by atoms with E-state index in [0.717, 1.165) is 0 Å². The molecule has 0 nitrogen and oxygen atoms in total. The van der Waals surface area contributed by atoms with Crippen molar-refractivity contribution >= 4 is 24.4 Å². The highest BCUT2D eigenvalue weighted by molar-refractivity contribution is 8.10. The lowest BCUT2D eigenvalue weighted by Gasteiger charge is -1.89. The Kier molecular flexibility index (Phi) is 3.32. The van der Waals surface area contributed by atoms with Crippen LogP contribution >= 0.6 is 24.4 Å². The van der Waals surface area contributed by atoms with Crippen LogP contribution in [-0.4, -0.2) is 10.8 Å². The maximum Gasteiger partial charge on any atom is 0.0470 e. The van der Waals surface area contributed by atoms with E-state index in [1.54, 1.807) is 11.8 Å². The fourth-order valence-electron chi connectivity index (χ4n) is 0. The standard InChI is InChI=1S/C3H7S2/c1-3(4)5-2/h3-4H,1H2,2H3. The Morgan fingerprint density at radius 1 is 2.00 bits per heavy atom. The van der Waals surface area contributed by atoms with E-state index in [1.165, 1.54) is 0 Å². The molecule has 0 heterocycles. The maximum absolute atomic E-state index is 3.95. The van der Waals surface area contributed by atoms with E-state index in [9.17, 15) is 0 Å². The Hall–Kier alpha value is 0.700. The largest absolute Gasteiger partial charge is 0.165 e. The van der Waals surface area contributed by atoms with Crippen molar-refractivity contribution in [3.8, 4) is 0 Å². The minimum atomic E-state index is 0.245. The van der Waals surface area contributed by atoms with Crippen molar-refractivity contribution < 1.29 is 0 Å². The molecule has 0 saturated heterocycles. The molecule has 0 amide bonds. The Labute approximate surface area is 42.7 Å². The zero-order valence-electron chi connectivity index (χ0n) is 3.14. The maximum atomic E-state index is 3.95. The fraction of sp³-hybridized carbons (Fsp3) is 0.667. The Morgan fingerprint density at radius 3 is 2.20 bits per heavy atom. The molecule has 0 bridgehead atoms. The zero-order chi connectivity index (χ0) is 4.28. The first-order chi connectivity index (χ1) is 2.27. The van der Waals surface area contributed by atoms with Crippen LogP contribution in [-0.2, 0) is 0 Å². The summed E-state index contributed by atoms with van der Waals surface area (Å²) in [6.07, 6.45) is 1.98. The molecule has 5 heavy (non-hydrogen) atoms. The molecule has 0 N–H and O–H groups in total. The Morgan fingerprint density at radius 2 is 2.20 bits per heavy atom. The predicted octanol–water partition coefficient (Wildman–Crippen LogP) is 1.44. The Bertz CT molecular complexity index is 18.9. The molecular formula is C3H7S2. The molecule has 0 rings (SSSR count). The van der Waals surface area contributed by atoms with Crippen LogP contribution < -0.4 is 0 Å². The van der Waals surface area contributed by atoms with E-state index in [0.29, 0.717) is 0 Å². The van der Waals surface area contributed by atoms with Crippen molar-refractivity contribution in [3.05, 3.63) is 6.92 Å². The molecule has 1 atom stereocenters. The van der Waals surface area contributed by atoms with Gasteiger partial charge in [0.1, 0.15) is 0 Å². The second-order valence-electron chi connectivity index (χ2n) is 0.690. The van der Waals surface area contributed by atoms with Crippen molar-refractivity contribution in [1.82, 2.24) is 0 Å². The third-order valence-electron chi connectivity index (χ3n) is 0.272. The molecule has 1 radical (unpaired) electrons. The second-order valence-corrected chi connectivity index (χ2v) is 2.70. The van der Waals surface area contributed by atoms with Crippen LogP contribution in [0.15, 0.2) is 0 Å². The van der Waals surface area contributed by atoms with Crippen LogP contribution in [0, 0.1) is 6.92 Å². The van der Waals surface area contributed by atoms with Gasteiger partial charge in [0.25, 0.3) is 0 Å². The molecule has 0 aliphatic heterocycles. The molecule has 1 unspecified atom stereocenters. The SMILES string of the molecule is [CH2]C(S)SC. The molecule has 31 valence electrons. The van der Waals surface area contributed by atoms with Crippen molar-refractivity contribution in [2.75, 3.05) is 6.26 Å². The normalized spacial score (nSPS) is 15.0. The van der Waals surface area contributed by atoms with Gasteiger partial charge >= 0.3 is 0 Å². The van der Waals surface area contributed by atoms with Gasteiger partial charge in [-0.05, 0) is 13.2 Å². The van der Waals surface area contributed by atoms with E-state index in [-0.39, 0.29) is 4.58 Å². The highest BCUT2D eigenvalue weighted by Crippen LogP contribution is 2.06. The lowest BCUT2D eigenvalue weighted by Crippen LogP contribution is -1.74. The van der Waals surface area contributed by atoms with Gasteiger partial charge in [0.2, 0.25) is 0 Å². The minimum Gasteiger partial charge on any atom is -0.165 e. The minimum absolute atomic E-state index is 0.245. The summed E-state index contributed by atoms with van der Waals surface area (Å²) in [5.41, 5.74) is 0. The van der Waals surface area contributed by atoms with E-state index in [1.807, 2.05) is 6.26 Å². The second kappa shape index (κ2) is 2.91. The number of thiol groups is 1. The van der Waals surface area contributed by atoms with Gasteiger partial charge in [-0.1, -0.05) is 0 Å². The number of rotatable bonds is 1. The van der Waals surface area contributed by atoms with Crippen molar-refractivity contribution in [3.63, 3.8) is 0 Å². The van der Waals surface area contributed by atoms with Crippen molar-refractivity contribution in [1.29, 1.82) is 0 Å². The van der Waals surface area contributed by atoms with E-state index in [4.69, 9.17) is 0 Å². The Balaban J connectivity index is 2.54. The lowest BCUT2D eigenvalue weighted by atomic mass is 11.0. The van der Waals surface area contributed by atoms with Crippen LogP contribution in [0.2, 0.25) is 0 Å². The van der Waals surface area contributed by atoms with Gasteiger partial charge in [-0.15, -0.1) is 0 Å². The van der Waals surface area contributed by atoms with Gasteiger partial charge < -0.3 is 0 Å². The first kappa shape index (κ1) is 5.70. The summed E-state index contributed by atoms with van der Waals surface area (Å²) in [6.45, 7) is 3.58. The summed E-state index contributed by atoms with van der Waals surface area (Å²) in [5, 5.41) is 0. The summed E-state index contributed by atoms with van der Waals surface area (Å²) in [7, 11) is 0. The first-order valence-corrected chi connectivity index (χ1v) is 3.11. The third-order valence-corrected chi connectivity index (χ3v) is 1.45. The number of thioether (sulfide) groups is 1. The zero-order valence-corrected chi connectivity index (χ0v) is 4.85. The monoisotopic (exact) mass is 107 g/mol. The van der Waals surface area contributed by atoms with E-state index >= 15 is 0 Å². The van der Waals surface area contributed by atoms with E-state index < -0.39 is 0 Å². The summed E-state index contributed by atoms with van der Waals surface area (Å²) in [6, 6.07) is 0. The highest BCUT2D eigenvalue weighted by atomic mass is 32.2. The van der Waals surface area contributed by atoms with Crippen LogP contribution in [0.4, 0.5) is 0 Å². The molecule has 0 aromatic rings. The fourth-order valence-corrected chi connectivity index (χ4v) is 0. The molecule has 0 spiro atoms. The predicted molar refractivity (Wildman–Crippen MR) is 31.6 cm³/mol. The van der Waals surface area contributed by atoms with Gasteiger partial charge in [0.05, 0.1) is 0 Å². The molecule has 2 heteroatoms. The van der Waals surface area contributed by atoms with Gasteiger partial charge in [-0.3, -0.25) is 0 Å². The van der Waals surface area contributed by atoms with Gasteiger partial charge in [0.15, 0.2) is 0 Å². The van der Waals surface area contributed by atoms with Crippen LogP contribution in [0.25, 0.3) is 0 Å². The lowest BCUT2D eigenvalue weighted by molar-refractivity contribution is 1.71. The van der Waals surface area contributed by atoms with Crippen LogP contribution in [0.3, 0.4) is 0 Å². The average molecular weight is 107 g/mol. The average Bonchev–Trinajstić information content (AvgIpc) is 1.38. The quantitative estimate of drug-likeness (QED) is 0.391. The number of hydrogen-bond donors (Lipinski definition) is 1.